The zero-order valence-corrected chi connectivity index (χ0v) is 12.4. The van der Waals surface area contributed by atoms with E-state index in [-0.39, 0.29) is 12.1 Å². The number of rotatable bonds is 4. The number of aromatic nitrogens is 3. The van der Waals surface area contributed by atoms with E-state index in [2.05, 4.69) is 22.3 Å². The molecule has 0 radical (unpaired) electrons. The van der Waals surface area contributed by atoms with E-state index in [0.29, 0.717) is 12.5 Å². The monoisotopic (exact) mass is 281 g/mol. The Morgan fingerprint density at radius 2 is 2.35 bits per heavy atom. The van der Waals surface area contributed by atoms with Crippen LogP contribution >= 0.6 is 0 Å². The Hall–Kier alpha value is -1.63. The zero-order chi connectivity index (χ0) is 14.5. The molecule has 1 fully saturated rings. The predicted octanol–water partition coefficient (Wildman–Crippen LogP) is 1.55. The first-order chi connectivity index (χ1) is 9.60. The lowest BCUT2D eigenvalue weighted by atomic mass is 10.1. The van der Waals surface area contributed by atoms with E-state index in [1.165, 1.54) is 0 Å². The minimum Gasteiger partial charge on any atom is -0.376 e. The Labute approximate surface area is 119 Å². The molecule has 1 saturated heterocycles. The molecule has 1 aromatic heterocycles. The number of carbonyl (C=O) groups is 1. The first-order valence-corrected chi connectivity index (χ1v) is 7.15. The molecule has 0 aliphatic carbocycles. The number of hydrogen-bond donors (Lipinski definition) is 1. The van der Waals surface area contributed by atoms with Crippen LogP contribution in [0, 0.1) is 6.92 Å². The molecule has 2 amide bonds. The molecule has 2 heterocycles. The van der Waals surface area contributed by atoms with Crippen molar-refractivity contribution in [2.24, 2.45) is 7.05 Å². The molecular formula is C13H23N5O2. The molecule has 1 aliphatic rings. The summed E-state index contributed by atoms with van der Waals surface area (Å²) in [6, 6.07) is -0.152. The third kappa shape index (κ3) is 3.69. The number of ether oxygens (including phenoxy) is 1. The van der Waals surface area contributed by atoms with Crippen molar-refractivity contribution < 1.29 is 9.53 Å². The molecule has 7 nitrogen and oxygen atoms in total. The van der Waals surface area contributed by atoms with Gasteiger partial charge < -0.3 is 9.64 Å². The minimum absolute atomic E-state index is 0.146. The molecule has 0 bridgehead atoms. The molecule has 1 N–H and O–H groups in total. The second-order valence-corrected chi connectivity index (χ2v) is 5.12. The summed E-state index contributed by atoms with van der Waals surface area (Å²) in [7, 11) is 1.80. The molecule has 1 aliphatic heterocycles. The quantitative estimate of drug-likeness (QED) is 0.908. The van der Waals surface area contributed by atoms with Gasteiger partial charge in [-0.05, 0) is 26.2 Å². The Morgan fingerprint density at radius 1 is 1.55 bits per heavy atom. The fourth-order valence-corrected chi connectivity index (χ4v) is 2.23. The highest BCUT2D eigenvalue weighted by molar-refractivity contribution is 5.87. The molecule has 0 saturated carbocycles. The summed E-state index contributed by atoms with van der Waals surface area (Å²) in [5.74, 6) is 1.12. The Bertz CT molecular complexity index is 440. The number of amides is 2. The zero-order valence-electron chi connectivity index (χ0n) is 12.4. The summed E-state index contributed by atoms with van der Waals surface area (Å²) >= 11 is 0. The number of hydrogen-bond acceptors (Lipinski definition) is 4. The Balaban J connectivity index is 1.88. The van der Waals surface area contributed by atoms with Crippen LogP contribution in [0.3, 0.4) is 0 Å². The van der Waals surface area contributed by atoms with Crippen LogP contribution in [0.4, 0.5) is 10.7 Å². The van der Waals surface area contributed by atoms with Gasteiger partial charge in [0, 0.05) is 26.7 Å². The standard InChI is InChI=1S/C13H23N5O2/c1-4-8-20-11-6-5-7-18(9-11)13(19)15-12-14-10(2)17(3)16-12/h11H,4-9H2,1-3H3,(H,15,16,19). The third-order valence-electron chi connectivity index (χ3n) is 3.42. The highest BCUT2D eigenvalue weighted by Crippen LogP contribution is 2.14. The van der Waals surface area contributed by atoms with Gasteiger partial charge in [-0.3, -0.25) is 10.00 Å². The minimum atomic E-state index is -0.152. The normalized spacial score (nSPS) is 19.1. The van der Waals surface area contributed by atoms with Crippen LogP contribution in [0.5, 0.6) is 0 Å². The fourth-order valence-electron chi connectivity index (χ4n) is 2.23. The second-order valence-electron chi connectivity index (χ2n) is 5.12. The number of aryl methyl sites for hydroxylation is 2. The van der Waals surface area contributed by atoms with Gasteiger partial charge in [0.1, 0.15) is 5.82 Å². The van der Waals surface area contributed by atoms with E-state index in [1.807, 2.05) is 6.92 Å². The van der Waals surface area contributed by atoms with Crippen LogP contribution in [0.15, 0.2) is 0 Å². The third-order valence-corrected chi connectivity index (χ3v) is 3.42. The summed E-state index contributed by atoms with van der Waals surface area (Å²) in [6.07, 6.45) is 3.13. The van der Waals surface area contributed by atoms with E-state index in [0.717, 1.165) is 38.2 Å². The predicted molar refractivity (Wildman–Crippen MR) is 75.6 cm³/mol. The van der Waals surface area contributed by atoms with Gasteiger partial charge in [-0.25, -0.2) is 4.79 Å². The highest BCUT2D eigenvalue weighted by Gasteiger charge is 2.24. The van der Waals surface area contributed by atoms with Crippen molar-refractivity contribution in [3.8, 4) is 0 Å². The van der Waals surface area contributed by atoms with Crippen LogP contribution in [0.2, 0.25) is 0 Å². The molecule has 0 spiro atoms. The van der Waals surface area contributed by atoms with E-state index in [4.69, 9.17) is 4.74 Å². The van der Waals surface area contributed by atoms with Crippen molar-refractivity contribution in [2.45, 2.75) is 39.2 Å². The topological polar surface area (TPSA) is 72.3 Å². The van der Waals surface area contributed by atoms with E-state index >= 15 is 0 Å². The van der Waals surface area contributed by atoms with Crippen LogP contribution in [0.1, 0.15) is 32.0 Å². The first kappa shape index (κ1) is 14.8. The Kier molecular flexibility index (Phi) is 4.94. The highest BCUT2D eigenvalue weighted by atomic mass is 16.5. The van der Waals surface area contributed by atoms with Gasteiger partial charge in [0.05, 0.1) is 6.10 Å². The van der Waals surface area contributed by atoms with Crippen molar-refractivity contribution in [3.05, 3.63) is 5.82 Å². The number of piperidine rings is 1. The molecule has 7 heteroatoms. The molecular weight excluding hydrogens is 258 g/mol. The molecule has 0 aromatic carbocycles. The molecule has 1 unspecified atom stereocenters. The van der Waals surface area contributed by atoms with Crippen LogP contribution in [0.25, 0.3) is 0 Å². The maximum Gasteiger partial charge on any atom is 0.324 e. The van der Waals surface area contributed by atoms with Gasteiger partial charge in [0.25, 0.3) is 0 Å². The van der Waals surface area contributed by atoms with Gasteiger partial charge in [-0.1, -0.05) is 6.92 Å². The van der Waals surface area contributed by atoms with Gasteiger partial charge in [-0.2, -0.15) is 4.98 Å². The van der Waals surface area contributed by atoms with Crippen molar-refractivity contribution in [3.63, 3.8) is 0 Å². The second kappa shape index (κ2) is 6.69. The molecule has 112 valence electrons. The SMILES string of the molecule is CCCOC1CCCN(C(=O)Nc2nc(C)n(C)n2)C1. The van der Waals surface area contributed by atoms with E-state index in [9.17, 15) is 4.79 Å². The summed E-state index contributed by atoms with van der Waals surface area (Å²) in [4.78, 5) is 18.1. The largest absolute Gasteiger partial charge is 0.376 e. The van der Waals surface area contributed by atoms with E-state index < -0.39 is 0 Å². The smallest absolute Gasteiger partial charge is 0.324 e. The summed E-state index contributed by atoms with van der Waals surface area (Å²) in [5.41, 5.74) is 0. The van der Waals surface area contributed by atoms with Crippen molar-refractivity contribution in [2.75, 3.05) is 25.0 Å². The lowest BCUT2D eigenvalue weighted by molar-refractivity contribution is 0.0115. The first-order valence-electron chi connectivity index (χ1n) is 7.15. The fraction of sp³-hybridized carbons (Fsp3) is 0.769. The van der Waals surface area contributed by atoms with Gasteiger partial charge in [0.15, 0.2) is 0 Å². The van der Waals surface area contributed by atoms with Gasteiger partial charge in [0.2, 0.25) is 5.95 Å². The lowest BCUT2D eigenvalue weighted by Crippen LogP contribution is -2.45. The average molecular weight is 281 g/mol. The number of anilines is 1. The number of nitrogens with one attached hydrogen (secondary N) is 1. The molecule has 1 atom stereocenters. The number of nitrogens with zero attached hydrogens (tertiary/aromatic N) is 4. The van der Waals surface area contributed by atoms with Gasteiger partial charge in [-0.15, -0.1) is 5.10 Å². The van der Waals surface area contributed by atoms with Crippen molar-refractivity contribution >= 4 is 12.0 Å². The van der Waals surface area contributed by atoms with Crippen LogP contribution in [-0.2, 0) is 11.8 Å². The summed E-state index contributed by atoms with van der Waals surface area (Å²) in [5, 5.41) is 6.87. The van der Waals surface area contributed by atoms with Crippen molar-refractivity contribution in [1.29, 1.82) is 0 Å². The van der Waals surface area contributed by atoms with Crippen LogP contribution in [-0.4, -0.2) is 51.5 Å². The number of urea groups is 1. The number of carbonyl (C=O) groups excluding carboxylic acids is 1. The van der Waals surface area contributed by atoms with Crippen molar-refractivity contribution in [1.82, 2.24) is 19.7 Å². The maximum absolute atomic E-state index is 12.2. The summed E-state index contributed by atoms with van der Waals surface area (Å²) < 4.78 is 7.37. The van der Waals surface area contributed by atoms with E-state index in [1.54, 1.807) is 16.6 Å². The Morgan fingerprint density at radius 3 is 3.00 bits per heavy atom. The maximum atomic E-state index is 12.2. The van der Waals surface area contributed by atoms with Crippen LogP contribution < -0.4 is 5.32 Å². The van der Waals surface area contributed by atoms with Gasteiger partial charge >= 0.3 is 6.03 Å². The molecule has 2 rings (SSSR count). The molecule has 20 heavy (non-hydrogen) atoms. The average Bonchev–Trinajstić information content (AvgIpc) is 2.75. The number of likely N-dealkylation sites (tertiary alicyclic amines) is 1. The molecule has 1 aromatic rings. The lowest BCUT2D eigenvalue weighted by Gasteiger charge is -2.32. The summed E-state index contributed by atoms with van der Waals surface area (Å²) in [6.45, 7) is 6.07.